The minimum Gasteiger partial charge on any atom is -0.506 e. The molecule has 0 heterocycles. The molecule has 3 rings (SSSR count). The van der Waals surface area contributed by atoms with Crippen LogP contribution in [0.1, 0.15) is 16.7 Å². The highest BCUT2D eigenvalue weighted by atomic mass is 16.5. The van der Waals surface area contributed by atoms with E-state index in [2.05, 4.69) is 5.32 Å². The molecule has 3 aromatic rings. The van der Waals surface area contributed by atoms with Gasteiger partial charge in [-0.05, 0) is 53.1 Å². The summed E-state index contributed by atoms with van der Waals surface area (Å²) in [4.78, 5) is 12.3. The molecule has 1 amide bonds. The summed E-state index contributed by atoms with van der Waals surface area (Å²) in [5.74, 6) is 1.17. The molecule has 0 fully saturated rings. The quantitative estimate of drug-likeness (QED) is 0.198. The van der Waals surface area contributed by atoms with Gasteiger partial charge in [-0.2, -0.15) is 0 Å². The number of hydrogen-bond donors (Lipinski definition) is 3. The molecular weight excluding hydrogens is 420 g/mol. The summed E-state index contributed by atoms with van der Waals surface area (Å²) in [5, 5.41) is 12.8. The number of amides is 1. The van der Waals surface area contributed by atoms with Crippen LogP contribution in [-0.2, 0) is 4.79 Å². The number of anilines is 2. The van der Waals surface area contributed by atoms with Gasteiger partial charge in [0.1, 0.15) is 5.75 Å². The maximum Gasteiger partial charge on any atom is 0.248 e. The molecule has 0 aliphatic heterocycles. The van der Waals surface area contributed by atoms with E-state index in [0.717, 1.165) is 16.7 Å². The largest absolute Gasteiger partial charge is 0.506 e. The molecule has 0 aliphatic carbocycles. The fraction of sp³-hybridized carbons (Fsp3) is 0.115. The highest BCUT2D eigenvalue weighted by molar-refractivity contribution is 6.03. The van der Waals surface area contributed by atoms with Gasteiger partial charge in [-0.15, -0.1) is 0 Å². The second kappa shape index (κ2) is 10.8. The Bertz CT molecular complexity index is 1180. The van der Waals surface area contributed by atoms with Crippen molar-refractivity contribution in [1.29, 1.82) is 0 Å². The van der Waals surface area contributed by atoms with Crippen molar-refractivity contribution < 1.29 is 24.1 Å². The molecule has 4 N–H and O–H groups in total. The van der Waals surface area contributed by atoms with Crippen LogP contribution >= 0.6 is 0 Å². The number of hydrogen-bond acceptors (Lipinski definition) is 6. The third-order valence-corrected chi connectivity index (χ3v) is 4.84. The Labute approximate surface area is 192 Å². The van der Waals surface area contributed by atoms with Crippen molar-refractivity contribution >= 4 is 35.5 Å². The number of rotatable bonds is 8. The summed E-state index contributed by atoms with van der Waals surface area (Å²) in [6.07, 6.45) is 6.69. The predicted molar refractivity (Wildman–Crippen MR) is 132 cm³/mol. The van der Waals surface area contributed by atoms with Crippen molar-refractivity contribution in [3.05, 3.63) is 77.4 Å². The van der Waals surface area contributed by atoms with E-state index in [4.69, 9.17) is 19.9 Å². The first-order chi connectivity index (χ1) is 15.9. The van der Waals surface area contributed by atoms with E-state index in [1.165, 1.54) is 12.1 Å². The van der Waals surface area contributed by atoms with Gasteiger partial charge in [0.05, 0.1) is 27.0 Å². The summed E-state index contributed by atoms with van der Waals surface area (Å²) in [6.45, 7) is 0. The van der Waals surface area contributed by atoms with Crippen LogP contribution in [0.25, 0.3) is 18.2 Å². The lowest BCUT2D eigenvalue weighted by molar-refractivity contribution is -0.111. The molecule has 170 valence electrons. The monoisotopic (exact) mass is 446 g/mol. The van der Waals surface area contributed by atoms with Crippen molar-refractivity contribution in [2.75, 3.05) is 32.4 Å². The summed E-state index contributed by atoms with van der Waals surface area (Å²) in [7, 11) is 4.66. The zero-order chi connectivity index (χ0) is 23.8. The minimum absolute atomic E-state index is 0.0408. The SMILES string of the molecule is COc1cc(/C=C/c2ccc(O)c(NC(=O)/C=C/c3ccccc3N)c2)cc(OC)c1OC. The number of carbonyl (C=O) groups is 1. The smallest absolute Gasteiger partial charge is 0.248 e. The normalized spacial score (nSPS) is 11.0. The molecule has 0 aromatic heterocycles. The van der Waals surface area contributed by atoms with Crippen molar-refractivity contribution in [1.82, 2.24) is 0 Å². The van der Waals surface area contributed by atoms with Crippen molar-refractivity contribution in [2.45, 2.75) is 0 Å². The summed E-state index contributed by atoms with van der Waals surface area (Å²) in [6, 6.07) is 15.8. The second-order valence-electron chi connectivity index (χ2n) is 7.02. The van der Waals surface area contributed by atoms with Crippen LogP contribution in [0.5, 0.6) is 23.0 Å². The minimum atomic E-state index is -0.390. The van der Waals surface area contributed by atoms with Gasteiger partial charge in [0.2, 0.25) is 11.7 Å². The number of carbonyl (C=O) groups excluding carboxylic acids is 1. The van der Waals surface area contributed by atoms with Gasteiger partial charge in [-0.25, -0.2) is 0 Å². The van der Waals surface area contributed by atoms with Gasteiger partial charge in [-0.3, -0.25) is 4.79 Å². The van der Waals surface area contributed by atoms with E-state index in [-0.39, 0.29) is 17.3 Å². The molecule has 0 spiro atoms. The number of nitrogens with two attached hydrogens (primary N) is 1. The van der Waals surface area contributed by atoms with Crippen molar-refractivity contribution in [2.24, 2.45) is 0 Å². The van der Waals surface area contributed by atoms with E-state index in [0.29, 0.717) is 22.9 Å². The Morgan fingerprint density at radius 1 is 0.879 bits per heavy atom. The lowest BCUT2D eigenvalue weighted by Crippen LogP contribution is -2.08. The Kier molecular flexibility index (Phi) is 7.60. The molecule has 33 heavy (non-hydrogen) atoms. The number of para-hydroxylation sites is 1. The fourth-order valence-corrected chi connectivity index (χ4v) is 3.15. The molecule has 3 aromatic carbocycles. The number of phenolic OH excluding ortho intramolecular Hbond substituents is 1. The summed E-state index contributed by atoms with van der Waals surface area (Å²) in [5.41, 5.74) is 9.08. The Morgan fingerprint density at radius 2 is 1.55 bits per heavy atom. The molecule has 0 unspecified atom stereocenters. The predicted octanol–water partition coefficient (Wildman–Crippen LogP) is 4.82. The van der Waals surface area contributed by atoms with Gasteiger partial charge in [0.15, 0.2) is 11.5 Å². The average Bonchev–Trinajstić information content (AvgIpc) is 2.83. The molecule has 0 atom stereocenters. The van der Waals surface area contributed by atoms with Crippen LogP contribution in [-0.4, -0.2) is 32.3 Å². The zero-order valence-corrected chi connectivity index (χ0v) is 18.7. The van der Waals surface area contributed by atoms with Crippen LogP contribution in [0.15, 0.2) is 60.7 Å². The standard InChI is InChI=1S/C26H26N2O5/c1-31-23-15-18(16-24(32-2)26(23)33-3)9-8-17-10-12-22(29)21(14-17)28-25(30)13-11-19-6-4-5-7-20(19)27/h4-16,29H,27H2,1-3H3,(H,28,30)/b9-8+,13-11+. The highest BCUT2D eigenvalue weighted by Gasteiger charge is 2.12. The zero-order valence-electron chi connectivity index (χ0n) is 18.7. The topological polar surface area (TPSA) is 103 Å². The van der Waals surface area contributed by atoms with E-state index in [9.17, 15) is 9.90 Å². The maximum absolute atomic E-state index is 12.3. The number of aromatic hydroxyl groups is 1. The fourth-order valence-electron chi connectivity index (χ4n) is 3.15. The van der Waals surface area contributed by atoms with E-state index < -0.39 is 0 Å². The molecule has 0 radical (unpaired) electrons. The first kappa shape index (κ1) is 23.3. The molecule has 0 saturated carbocycles. The Hall–Kier alpha value is -4.39. The number of nitrogen functional groups attached to an aromatic ring is 1. The van der Waals surface area contributed by atoms with Gasteiger partial charge in [0, 0.05) is 11.8 Å². The number of nitrogens with one attached hydrogen (secondary N) is 1. The Balaban J connectivity index is 1.78. The molecule has 0 bridgehead atoms. The molecule has 7 heteroatoms. The van der Waals surface area contributed by atoms with Crippen LogP contribution in [0.2, 0.25) is 0 Å². The van der Waals surface area contributed by atoms with Crippen molar-refractivity contribution in [3.63, 3.8) is 0 Å². The van der Waals surface area contributed by atoms with Gasteiger partial charge in [-0.1, -0.05) is 36.4 Å². The van der Waals surface area contributed by atoms with Gasteiger partial charge in [0.25, 0.3) is 0 Å². The lowest BCUT2D eigenvalue weighted by Gasteiger charge is -2.12. The maximum atomic E-state index is 12.3. The van der Waals surface area contributed by atoms with Crippen LogP contribution in [0.3, 0.4) is 0 Å². The molecule has 0 saturated heterocycles. The van der Waals surface area contributed by atoms with E-state index in [1.54, 1.807) is 45.6 Å². The van der Waals surface area contributed by atoms with E-state index >= 15 is 0 Å². The number of benzene rings is 3. The van der Waals surface area contributed by atoms with Crippen LogP contribution in [0, 0.1) is 0 Å². The second-order valence-corrected chi connectivity index (χ2v) is 7.02. The lowest BCUT2D eigenvalue weighted by atomic mass is 10.1. The Morgan fingerprint density at radius 3 is 2.18 bits per heavy atom. The van der Waals surface area contributed by atoms with Gasteiger partial charge >= 0.3 is 0 Å². The van der Waals surface area contributed by atoms with Crippen LogP contribution < -0.4 is 25.3 Å². The van der Waals surface area contributed by atoms with Gasteiger partial charge < -0.3 is 30.4 Å². The first-order valence-electron chi connectivity index (χ1n) is 10.1. The van der Waals surface area contributed by atoms with Crippen LogP contribution in [0.4, 0.5) is 11.4 Å². The molecule has 0 aliphatic rings. The molecular formula is C26H26N2O5. The van der Waals surface area contributed by atoms with Crippen molar-refractivity contribution in [3.8, 4) is 23.0 Å². The number of methoxy groups -OCH3 is 3. The third-order valence-electron chi connectivity index (χ3n) is 4.84. The first-order valence-corrected chi connectivity index (χ1v) is 10.1. The summed E-state index contributed by atoms with van der Waals surface area (Å²) >= 11 is 0. The van der Waals surface area contributed by atoms with E-state index in [1.807, 2.05) is 42.5 Å². The summed E-state index contributed by atoms with van der Waals surface area (Å²) < 4.78 is 16.1. The molecule has 7 nitrogen and oxygen atoms in total. The third kappa shape index (κ3) is 5.86. The number of phenols is 1. The number of ether oxygens (including phenoxy) is 3. The average molecular weight is 447 g/mol. The highest BCUT2D eigenvalue weighted by Crippen LogP contribution is 2.38.